The van der Waals surface area contributed by atoms with Crippen LogP contribution in [0, 0.1) is 5.92 Å². The highest BCUT2D eigenvalue weighted by atomic mass is 16.1. The quantitative estimate of drug-likeness (QED) is 0.388. The number of nitrogens with zero attached hydrogens (tertiary/aromatic N) is 4. The molecule has 1 aromatic rings. The van der Waals surface area contributed by atoms with Crippen LogP contribution in [0.2, 0.25) is 0 Å². The average Bonchev–Trinajstić information content (AvgIpc) is 2.97. The van der Waals surface area contributed by atoms with Gasteiger partial charge in [-0.25, -0.2) is 9.67 Å². The Morgan fingerprint density at radius 1 is 1.45 bits per heavy atom. The fraction of sp³-hybridized carbons (Fsp3) is 0.714. The van der Waals surface area contributed by atoms with Gasteiger partial charge in [0.2, 0.25) is 5.91 Å². The van der Waals surface area contributed by atoms with Crippen molar-refractivity contribution in [2.24, 2.45) is 10.9 Å². The van der Waals surface area contributed by atoms with Gasteiger partial charge in [0.15, 0.2) is 5.96 Å². The Balaban J connectivity index is 1.71. The number of hydrogen-bond donors (Lipinski definition) is 3. The summed E-state index contributed by atoms with van der Waals surface area (Å²) in [5.41, 5.74) is 0. The van der Waals surface area contributed by atoms with Crippen LogP contribution in [0.25, 0.3) is 0 Å². The zero-order valence-electron chi connectivity index (χ0n) is 13.5. The number of aryl methyl sites for hydroxylation is 1. The lowest BCUT2D eigenvalue weighted by atomic mass is 10.1. The van der Waals surface area contributed by atoms with E-state index in [1.165, 1.54) is 0 Å². The lowest BCUT2D eigenvalue weighted by Crippen LogP contribution is -2.48. The molecule has 3 N–H and O–H groups in total. The predicted molar refractivity (Wildman–Crippen MR) is 84.5 cm³/mol. The van der Waals surface area contributed by atoms with Gasteiger partial charge < -0.3 is 16.0 Å². The third-order valence-corrected chi connectivity index (χ3v) is 3.61. The van der Waals surface area contributed by atoms with E-state index in [1.807, 2.05) is 18.5 Å². The van der Waals surface area contributed by atoms with Crippen molar-refractivity contribution < 1.29 is 4.79 Å². The molecular formula is C14H25N7O. The number of nitrogens with one attached hydrogen (secondary N) is 3. The van der Waals surface area contributed by atoms with E-state index in [-0.39, 0.29) is 17.9 Å². The first-order valence-electron chi connectivity index (χ1n) is 7.71. The van der Waals surface area contributed by atoms with E-state index in [1.54, 1.807) is 13.4 Å². The summed E-state index contributed by atoms with van der Waals surface area (Å²) in [7, 11) is 1.74. The minimum Gasteiger partial charge on any atom is -0.355 e. The fourth-order valence-corrected chi connectivity index (χ4v) is 2.31. The number of guanidine groups is 1. The van der Waals surface area contributed by atoms with Crippen molar-refractivity contribution in [3.63, 3.8) is 0 Å². The SMILES string of the molecule is CN=C(NCCNC(=O)C(C)C)NC1CCc2ncnn2C1. The highest BCUT2D eigenvalue weighted by Crippen LogP contribution is 2.10. The van der Waals surface area contributed by atoms with E-state index in [9.17, 15) is 4.79 Å². The molecule has 0 spiro atoms. The lowest BCUT2D eigenvalue weighted by Gasteiger charge is -2.25. The molecule has 1 amide bonds. The highest BCUT2D eigenvalue weighted by molar-refractivity contribution is 5.80. The number of amides is 1. The summed E-state index contributed by atoms with van der Waals surface area (Å²) >= 11 is 0. The summed E-state index contributed by atoms with van der Waals surface area (Å²) in [6, 6.07) is 0.283. The maximum absolute atomic E-state index is 11.5. The van der Waals surface area contributed by atoms with Crippen molar-refractivity contribution in [1.82, 2.24) is 30.7 Å². The van der Waals surface area contributed by atoms with Gasteiger partial charge in [0.1, 0.15) is 12.2 Å². The third-order valence-electron chi connectivity index (χ3n) is 3.61. The number of carbonyl (C=O) groups excluding carboxylic acids is 1. The number of aromatic nitrogens is 3. The number of fused-ring (bicyclic) bond motifs is 1. The Bertz CT molecular complexity index is 523. The molecule has 1 aromatic heterocycles. The molecule has 0 aliphatic carbocycles. The maximum atomic E-state index is 11.5. The van der Waals surface area contributed by atoms with Crippen LogP contribution in [-0.4, -0.2) is 52.8 Å². The van der Waals surface area contributed by atoms with Gasteiger partial charge in [-0.1, -0.05) is 13.8 Å². The van der Waals surface area contributed by atoms with E-state index in [2.05, 4.69) is 31.0 Å². The second-order valence-electron chi connectivity index (χ2n) is 5.68. The smallest absolute Gasteiger partial charge is 0.222 e. The van der Waals surface area contributed by atoms with Crippen molar-refractivity contribution in [2.75, 3.05) is 20.1 Å². The normalized spacial score (nSPS) is 18.0. The Kier molecular flexibility index (Phi) is 5.74. The van der Waals surface area contributed by atoms with Crippen LogP contribution >= 0.6 is 0 Å². The molecule has 8 nitrogen and oxygen atoms in total. The van der Waals surface area contributed by atoms with Gasteiger partial charge in [0.25, 0.3) is 0 Å². The molecule has 0 fully saturated rings. The van der Waals surface area contributed by atoms with Gasteiger partial charge in [-0.2, -0.15) is 5.10 Å². The van der Waals surface area contributed by atoms with Gasteiger partial charge in [-0.15, -0.1) is 0 Å². The average molecular weight is 307 g/mol. The Hall–Kier alpha value is -2.12. The summed E-state index contributed by atoms with van der Waals surface area (Å²) in [4.78, 5) is 19.9. The molecular weight excluding hydrogens is 282 g/mol. The molecule has 1 aliphatic heterocycles. The first kappa shape index (κ1) is 16.3. The topological polar surface area (TPSA) is 96.2 Å². The van der Waals surface area contributed by atoms with Gasteiger partial charge in [0, 0.05) is 38.5 Å². The molecule has 22 heavy (non-hydrogen) atoms. The first-order chi connectivity index (χ1) is 10.6. The van der Waals surface area contributed by atoms with E-state index in [0.717, 1.165) is 31.2 Å². The van der Waals surface area contributed by atoms with E-state index < -0.39 is 0 Å². The summed E-state index contributed by atoms with van der Waals surface area (Å²) in [6.07, 6.45) is 3.52. The molecule has 0 saturated heterocycles. The number of aliphatic imine (C=N–C) groups is 1. The molecule has 0 bridgehead atoms. The van der Waals surface area contributed by atoms with E-state index >= 15 is 0 Å². The lowest BCUT2D eigenvalue weighted by molar-refractivity contribution is -0.123. The largest absolute Gasteiger partial charge is 0.355 e. The van der Waals surface area contributed by atoms with Crippen LogP contribution in [0.5, 0.6) is 0 Å². The molecule has 1 atom stereocenters. The summed E-state index contributed by atoms with van der Waals surface area (Å²) in [5, 5.41) is 13.7. The molecule has 2 rings (SSSR count). The second-order valence-corrected chi connectivity index (χ2v) is 5.68. The van der Waals surface area contributed by atoms with Crippen LogP contribution in [0.4, 0.5) is 0 Å². The van der Waals surface area contributed by atoms with Crippen LogP contribution in [0.1, 0.15) is 26.1 Å². The van der Waals surface area contributed by atoms with Crippen molar-refractivity contribution >= 4 is 11.9 Å². The maximum Gasteiger partial charge on any atom is 0.222 e. The van der Waals surface area contributed by atoms with Gasteiger partial charge in [-0.05, 0) is 6.42 Å². The Labute approximate surface area is 130 Å². The summed E-state index contributed by atoms with van der Waals surface area (Å²) < 4.78 is 1.93. The molecule has 0 radical (unpaired) electrons. The molecule has 0 saturated carbocycles. The predicted octanol–water partition coefficient (Wildman–Crippen LogP) is -0.470. The minimum atomic E-state index is 0.0107. The van der Waals surface area contributed by atoms with Crippen molar-refractivity contribution in [3.8, 4) is 0 Å². The second kappa shape index (κ2) is 7.77. The molecule has 1 aliphatic rings. The number of hydrogen-bond acceptors (Lipinski definition) is 4. The van der Waals surface area contributed by atoms with E-state index in [0.29, 0.717) is 13.1 Å². The van der Waals surface area contributed by atoms with Crippen molar-refractivity contribution in [2.45, 2.75) is 39.3 Å². The Morgan fingerprint density at radius 2 is 2.23 bits per heavy atom. The minimum absolute atomic E-state index is 0.0107. The van der Waals surface area contributed by atoms with Gasteiger partial charge in [0.05, 0.1) is 6.54 Å². The monoisotopic (exact) mass is 307 g/mol. The molecule has 1 unspecified atom stereocenters. The van der Waals surface area contributed by atoms with Crippen molar-refractivity contribution in [1.29, 1.82) is 0 Å². The van der Waals surface area contributed by atoms with Crippen LogP contribution in [0.15, 0.2) is 11.3 Å². The van der Waals surface area contributed by atoms with Crippen LogP contribution < -0.4 is 16.0 Å². The number of rotatable bonds is 5. The highest BCUT2D eigenvalue weighted by Gasteiger charge is 2.20. The van der Waals surface area contributed by atoms with E-state index in [4.69, 9.17) is 0 Å². The first-order valence-corrected chi connectivity index (χ1v) is 7.71. The van der Waals surface area contributed by atoms with Crippen molar-refractivity contribution in [3.05, 3.63) is 12.2 Å². The van der Waals surface area contributed by atoms with Gasteiger partial charge in [-0.3, -0.25) is 9.79 Å². The molecule has 122 valence electrons. The summed E-state index contributed by atoms with van der Waals surface area (Å²) in [6.45, 7) is 5.77. The zero-order valence-corrected chi connectivity index (χ0v) is 13.5. The van der Waals surface area contributed by atoms with Crippen LogP contribution in [-0.2, 0) is 17.8 Å². The number of carbonyl (C=O) groups is 1. The Morgan fingerprint density at radius 3 is 2.95 bits per heavy atom. The third kappa shape index (κ3) is 4.44. The standard InChI is InChI=1S/C14H25N7O/c1-10(2)13(22)16-6-7-17-14(15-3)20-11-4-5-12-18-9-19-21(12)8-11/h9-11H,4-8H2,1-3H3,(H,16,22)(H2,15,17,20). The van der Waals surface area contributed by atoms with Gasteiger partial charge >= 0.3 is 0 Å². The fourth-order valence-electron chi connectivity index (χ4n) is 2.31. The molecule has 2 heterocycles. The molecule has 8 heteroatoms. The molecule has 0 aromatic carbocycles. The summed E-state index contributed by atoms with van der Waals surface area (Å²) in [5.74, 6) is 1.86. The van der Waals surface area contributed by atoms with Crippen LogP contribution in [0.3, 0.4) is 0 Å². The zero-order chi connectivity index (χ0) is 15.9.